The predicted molar refractivity (Wildman–Crippen MR) is 145 cm³/mol. The number of aliphatic hydroxyl groups is 2. The summed E-state index contributed by atoms with van der Waals surface area (Å²) < 4.78 is 11.7. The Hall–Kier alpha value is -3.09. The SMILES string of the molecule is COc1ccc2nccc(C=CC3CCC(NCc4ccc5c(n4)NC(=O)CS5)C(C[C@@H](O)CO)O3)c2n1. The number of aliphatic hydroxyl groups excluding tert-OH is 2. The number of nitrogens with zero attached hydrogens (tertiary/aromatic N) is 3. The molecule has 2 aliphatic rings. The molecule has 4 N–H and O–H groups in total. The first-order valence-electron chi connectivity index (χ1n) is 12.6. The van der Waals surface area contributed by atoms with Crippen LogP contribution >= 0.6 is 11.8 Å². The third-order valence-electron chi connectivity index (χ3n) is 6.64. The molecule has 2 aliphatic heterocycles. The van der Waals surface area contributed by atoms with E-state index in [1.807, 2.05) is 36.4 Å². The van der Waals surface area contributed by atoms with Crippen molar-refractivity contribution >= 4 is 40.6 Å². The minimum Gasteiger partial charge on any atom is -0.481 e. The van der Waals surface area contributed by atoms with Crippen molar-refractivity contribution in [3.05, 3.63) is 53.9 Å². The highest BCUT2D eigenvalue weighted by atomic mass is 32.2. The summed E-state index contributed by atoms with van der Waals surface area (Å²) in [5.41, 5.74) is 3.24. The van der Waals surface area contributed by atoms with Crippen molar-refractivity contribution in [1.82, 2.24) is 20.3 Å². The van der Waals surface area contributed by atoms with Gasteiger partial charge in [0, 0.05) is 36.8 Å². The molecule has 0 bridgehead atoms. The van der Waals surface area contributed by atoms with E-state index in [0.29, 0.717) is 30.4 Å². The third kappa shape index (κ3) is 6.30. The molecular formula is C27H31N5O5S. The zero-order valence-electron chi connectivity index (χ0n) is 21.0. The molecule has 38 heavy (non-hydrogen) atoms. The Morgan fingerprint density at radius 3 is 3.00 bits per heavy atom. The normalized spacial score (nSPS) is 22.3. The maximum atomic E-state index is 11.7. The van der Waals surface area contributed by atoms with Crippen LogP contribution < -0.4 is 15.4 Å². The van der Waals surface area contributed by atoms with Gasteiger partial charge in [-0.05, 0) is 37.1 Å². The summed E-state index contributed by atoms with van der Waals surface area (Å²) >= 11 is 1.48. The van der Waals surface area contributed by atoms with E-state index in [1.54, 1.807) is 19.4 Å². The zero-order chi connectivity index (χ0) is 26.5. The van der Waals surface area contributed by atoms with Gasteiger partial charge >= 0.3 is 0 Å². The second kappa shape index (κ2) is 12.2. The zero-order valence-corrected chi connectivity index (χ0v) is 21.9. The first kappa shape index (κ1) is 26.5. The van der Waals surface area contributed by atoms with Crippen molar-refractivity contribution in [3.63, 3.8) is 0 Å². The number of amides is 1. The number of methoxy groups -OCH3 is 1. The lowest BCUT2D eigenvalue weighted by Gasteiger charge is -2.37. The van der Waals surface area contributed by atoms with Gasteiger partial charge in [-0.2, -0.15) is 0 Å². The van der Waals surface area contributed by atoms with Gasteiger partial charge in [-0.3, -0.25) is 9.78 Å². The Bertz CT molecular complexity index is 1320. The van der Waals surface area contributed by atoms with Crippen molar-refractivity contribution in [2.45, 2.75) is 55.1 Å². The van der Waals surface area contributed by atoms with Crippen LogP contribution in [0.1, 0.15) is 30.5 Å². The molecule has 0 radical (unpaired) electrons. The van der Waals surface area contributed by atoms with E-state index in [-0.39, 0.29) is 30.8 Å². The number of hydrogen-bond acceptors (Lipinski definition) is 10. The van der Waals surface area contributed by atoms with Crippen LogP contribution in [0.4, 0.5) is 5.82 Å². The summed E-state index contributed by atoms with van der Waals surface area (Å²) in [5, 5.41) is 26.0. The molecule has 0 aliphatic carbocycles. The number of anilines is 1. The lowest BCUT2D eigenvalue weighted by molar-refractivity contribution is -0.113. The minimum absolute atomic E-state index is 0.0321. The highest BCUT2D eigenvalue weighted by Crippen LogP contribution is 2.30. The molecule has 0 spiro atoms. The largest absolute Gasteiger partial charge is 0.481 e. The topological polar surface area (TPSA) is 139 Å². The second-order valence-corrected chi connectivity index (χ2v) is 10.3. The van der Waals surface area contributed by atoms with Gasteiger partial charge in [0.1, 0.15) is 5.82 Å². The molecule has 1 amide bonds. The van der Waals surface area contributed by atoms with E-state index in [1.165, 1.54) is 11.8 Å². The highest BCUT2D eigenvalue weighted by Gasteiger charge is 2.31. The predicted octanol–water partition coefficient (Wildman–Crippen LogP) is 2.54. The van der Waals surface area contributed by atoms with E-state index >= 15 is 0 Å². The molecule has 3 aromatic heterocycles. The maximum Gasteiger partial charge on any atom is 0.235 e. The van der Waals surface area contributed by atoms with Gasteiger partial charge in [0.2, 0.25) is 11.8 Å². The molecule has 3 aromatic rings. The monoisotopic (exact) mass is 537 g/mol. The van der Waals surface area contributed by atoms with Gasteiger partial charge in [0.25, 0.3) is 0 Å². The van der Waals surface area contributed by atoms with Crippen molar-refractivity contribution in [2.24, 2.45) is 0 Å². The van der Waals surface area contributed by atoms with Crippen LogP contribution in [0.3, 0.4) is 0 Å². The Morgan fingerprint density at radius 2 is 2.16 bits per heavy atom. The quantitative estimate of drug-likeness (QED) is 0.322. The maximum absolute atomic E-state index is 11.7. The summed E-state index contributed by atoms with van der Waals surface area (Å²) in [6.07, 6.45) is 6.31. The summed E-state index contributed by atoms with van der Waals surface area (Å²) in [4.78, 5) is 26.2. The standard InChI is InChI=1S/C27H31N5O5S/c1-36-25-9-7-21-26(32-25)16(10-11-28-21)2-4-19-5-6-20(22(37-19)12-18(34)14-33)29-13-17-3-8-23-27(30-17)31-24(35)15-38-23/h2-4,7-11,18-20,22,29,33-34H,5-6,12-15H2,1H3,(H,30,31,35)/t18-,19?,20?,22?/m1/s1. The Morgan fingerprint density at radius 1 is 1.26 bits per heavy atom. The molecular weight excluding hydrogens is 506 g/mol. The Kier molecular flexibility index (Phi) is 8.50. The van der Waals surface area contributed by atoms with Crippen molar-refractivity contribution < 1.29 is 24.5 Å². The lowest BCUT2D eigenvalue weighted by atomic mass is 9.94. The van der Waals surface area contributed by atoms with Crippen molar-refractivity contribution in [3.8, 4) is 5.88 Å². The van der Waals surface area contributed by atoms with Crippen molar-refractivity contribution in [2.75, 3.05) is 24.8 Å². The summed E-state index contributed by atoms with van der Waals surface area (Å²) in [6, 6.07) is 9.45. The van der Waals surface area contributed by atoms with Gasteiger partial charge in [0.15, 0.2) is 0 Å². The van der Waals surface area contributed by atoms with Crippen LogP contribution in [0.2, 0.25) is 0 Å². The van der Waals surface area contributed by atoms with Crippen LogP contribution in [0.5, 0.6) is 5.88 Å². The first-order valence-corrected chi connectivity index (χ1v) is 13.6. The number of thioether (sulfide) groups is 1. The number of carbonyl (C=O) groups is 1. The molecule has 5 rings (SSSR count). The number of fused-ring (bicyclic) bond motifs is 2. The summed E-state index contributed by atoms with van der Waals surface area (Å²) in [7, 11) is 1.58. The number of carbonyl (C=O) groups excluding carboxylic acids is 1. The van der Waals surface area contributed by atoms with E-state index in [4.69, 9.17) is 9.47 Å². The Balaban J connectivity index is 1.26. The van der Waals surface area contributed by atoms with Crippen LogP contribution in [0.25, 0.3) is 17.1 Å². The number of nitrogens with one attached hydrogen (secondary N) is 2. The molecule has 5 heterocycles. The highest BCUT2D eigenvalue weighted by molar-refractivity contribution is 8.00. The van der Waals surface area contributed by atoms with Crippen LogP contribution in [0, 0.1) is 0 Å². The molecule has 11 heteroatoms. The van der Waals surface area contributed by atoms with Crippen LogP contribution in [-0.4, -0.2) is 74.9 Å². The molecule has 200 valence electrons. The summed E-state index contributed by atoms with van der Waals surface area (Å²) in [6.45, 7) is 0.165. The number of ether oxygens (including phenoxy) is 2. The molecule has 1 saturated heterocycles. The average molecular weight is 538 g/mol. The molecule has 0 aromatic carbocycles. The average Bonchev–Trinajstić information content (AvgIpc) is 2.94. The van der Waals surface area contributed by atoms with E-state index < -0.39 is 6.10 Å². The number of aromatic nitrogens is 3. The second-order valence-electron chi connectivity index (χ2n) is 9.32. The van der Waals surface area contributed by atoms with Crippen LogP contribution in [-0.2, 0) is 16.1 Å². The van der Waals surface area contributed by atoms with Crippen LogP contribution in [0.15, 0.2) is 47.5 Å². The van der Waals surface area contributed by atoms with Gasteiger partial charge < -0.3 is 30.3 Å². The third-order valence-corrected chi connectivity index (χ3v) is 7.69. The van der Waals surface area contributed by atoms with E-state index in [9.17, 15) is 15.0 Å². The van der Waals surface area contributed by atoms with E-state index in [0.717, 1.165) is 40.0 Å². The van der Waals surface area contributed by atoms with Gasteiger partial charge in [-0.25, -0.2) is 9.97 Å². The van der Waals surface area contributed by atoms with E-state index in [2.05, 4.69) is 25.6 Å². The number of rotatable bonds is 9. The number of hydrogen-bond donors (Lipinski definition) is 4. The van der Waals surface area contributed by atoms with Gasteiger partial charge in [-0.15, -0.1) is 11.8 Å². The fourth-order valence-corrected chi connectivity index (χ4v) is 5.44. The first-order chi connectivity index (χ1) is 18.5. The molecule has 3 unspecified atom stereocenters. The van der Waals surface area contributed by atoms with Gasteiger partial charge in [0.05, 0.1) is 59.4 Å². The lowest BCUT2D eigenvalue weighted by Crippen LogP contribution is -2.48. The fraction of sp³-hybridized carbons (Fsp3) is 0.407. The smallest absolute Gasteiger partial charge is 0.235 e. The van der Waals surface area contributed by atoms with Crippen molar-refractivity contribution in [1.29, 1.82) is 0 Å². The van der Waals surface area contributed by atoms with Gasteiger partial charge in [-0.1, -0.05) is 12.2 Å². The molecule has 4 atom stereocenters. The summed E-state index contributed by atoms with van der Waals surface area (Å²) in [5.74, 6) is 1.47. The fourth-order valence-electron chi connectivity index (χ4n) is 4.68. The number of pyridine rings is 3. The molecule has 10 nitrogen and oxygen atoms in total. The Labute approximate surface area is 224 Å². The molecule has 1 fully saturated rings. The molecule has 0 saturated carbocycles. The minimum atomic E-state index is -0.873.